The number of aromatic nitrogens is 4. The Labute approximate surface area is 213 Å². The number of fused-ring (bicyclic) bond motifs is 1. The molecule has 0 radical (unpaired) electrons. The molecule has 0 aromatic carbocycles. The van der Waals surface area contributed by atoms with Gasteiger partial charge in [-0.3, -0.25) is 4.79 Å². The summed E-state index contributed by atoms with van der Waals surface area (Å²) in [6, 6.07) is 3.82. The summed E-state index contributed by atoms with van der Waals surface area (Å²) >= 11 is 0. The van der Waals surface area contributed by atoms with Crippen molar-refractivity contribution in [2.24, 2.45) is 0 Å². The van der Waals surface area contributed by atoms with Crippen LogP contribution in [0.2, 0.25) is 0 Å². The summed E-state index contributed by atoms with van der Waals surface area (Å²) in [6.07, 6.45) is 7.04. The Bertz CT molecular complexity index is 1330. The van der Waals surface area contributed by atoms with Crippen LogP contribution in [0.15, 0.2) is 30.7 Å². The van der Waals surface area contributed by atoms with Gasteiger partial charge in [0.1, 0.15) is 23.8 Å². The maximum absolute atomic E-state index is 12.6. The minimum atomic E-state index is -0.382. The highest BCUT2D eigenvalue weighted by atomic mass is 16.6. The van der Waals surface area contributed by atoms with Crippen molar-refractivity contribution in [2.45, 2.75) is 31.5 Å². The number of carbonyl (C=O) groups is 2. The number of hydrogen-bond acceptors (Lipinski definition) is 9. The number of rotatable bonds is 6. The predicted octanol–water partition coefficient (Wildman–Crippen LogP) is 1.83. The number of likely N-dealkylation sites (tertiary alicyclic amines) is 1. The van der Waals surface area contributed by atoms with E-state index in [1.165, 1.54) is 0 Å². The van der Waals surface area contributed by atoms with Gasteiger partial charge in [0.15, 0.2) is 5.65 Å². The zero-order valence-electron chi connectivity index (χ0n) is 20.9. The van der Waals surface area contributed by atoms with E-state index in [4.69, 9.17) is 19.2 Å². The van der Waals surface area contributed by atoms with Crippen LogP contribution in [0.3, 0.4) is 0 Å². The van der Waals surface area contributed by atoms with Crippen LogP contribution >= 0.6 is 0 Å². The van der Waals surface area contributed by atoms with Crippen molar-refractivity contribution in [1.82, 2.24) is 29.4 Å². The van der Waals surface area contributed by atoms with Crippen LogP contribution in [0, 0.1) is 0 Å². The number of piperazine rings is 1. The summed E-state index contributed by atoms with van der Waals surface area (Å²) in [5, 5.41) is 4.48. The third kappa shape index (κ3) is 4.70. The zero-order chi connectivity index (χ0) is 25.5. The van der Waals surface area contributed by atoms with Crippen LogP contribution in [-0.2, 0) is 9.53 Å². The molecule has 6 rings (SSSR count). The molecule has 3 fully saturated rings. The van der Waals surface area contributed by atoms with Gasteiger partial charge in [-0.15, -0.1) is 0 Å². The lowest BCUT2D eigenvalue weighted by Gasteiger charge is -2.35. The maximum atomic E-state index is 12.6. The van der Waals surface area contributed by atoms with Crippen LogP contribution in [-0.4, -0.2) is 100 Å². The summed E-state index contributed by atoms with van der Waals surface area (Å²) in [4.78, 5) is 39.1. The number of amides is 2. The van der Waals surface area contributed by atoms with Crippen molar-refractivity contribution < 1.29 is 23.8 Å². The van der Waals surface area contributed by atoms with Crippen LogP contribution in [0.4, 0.5) is 10.6 Å². The third-order valence-electron chi connectivity index (χ3n) is 6.94. The van der Waals surface area contributed by atoms with Crippen molar-refractivity contribution in [1.29, 1.82) is 0 Å². The fourth-order valence-electron chi connectivity index (χ4n) is 4.64. The molecule has 2 saturated heterocycles. The van der Waals surface area contributed by atoms with Gasteiger partial charge in [0.05, 0.1) is 43.6 Å². The molecule has 0 spiro atoms. The van der Waals surface area contributed by atoms with E-state index in [2.05, 4.69) is 15.0 Å². The summed E-state index contributed by atoms with van der Waals surface area (Å²) in [7, 11) is 3.33. The van der Waals surface area contributed by atoms with Gasteiger partial charge < -0.3 is 28.9 Å². The first kappa shape index (κ1) is 23.3. The van der Waals surface area contributed by atoms with Gasteiger partial charge in [-0.25, -0.2) is 19.3 Å². The predicted molar refractivity (Wildman–Crippen MR) is 133 cm³/mol. The van der Waals surface area contributed by atoms with Crippen molar-refractivity contribution in [3.63, 3.8) is 0 Å². The number of ether oxygens (including phenoxy) is 3. The highest BCUT2D eigenvalue weighted by Crippen LogP contribution is 2.37. The summed E-state index contributed by atoms with van der Waals surface area (Å²) < 4.78 is 18.7. The van der Waals surface area contributed by atoms with E-state index in [-0.39, 0.29) is 30.6 Å². The number of pyridine rings is 1. The van der Waals surface area contributed by atoms with E-state index in [1.54, 1.807) is 40.9 Å². The molecule has 3 aliphatic rings. The molecule has 0 bridgehead atoms. The van der Waals surface area contributed by atoms with Crippen molar-refractivity contribution >= 4 is 23.5 Å². The Morgan fingerprint density at radius 2 is 1.89 bits per heavy atom. The SMILES string of the molecule is COc1cnc(OC2CC2)c(-c2cnn3ccc(N4CCN(C(=O)O[C@H]5CC(=O)N(C)C5)CC4)nc23)c1. The first-order valence-electron chi connectivity index (χ1n) is 12.5. The van der Waals surface area contributed by atoms with E-state index in [1.807, 2.05) is 18.3 Å². The highest BCUT2D eigenvalue weighted by molar-refractivity contribution is 5.82. The fraction of sp³-hybridized carbons (Fsp3) is 0.480. The highest BCUT2D eigenvalue weighted by Gasteiger charge is 2.32. The molecule has 3 aromatic heterocycles. The third-order valence-corrected chi connectivity index (χ3v) is 6.94. The normalized spacial score (nSPS) is 20.0. The molecule has 0 N–H and O–H groups in total. The molecule has 1 saturated carbocycles. The standard InChI is InChI=1S/C25H29N7O5/c1-29-15-18(12-22(29)33)37-25(34)31-9-7-30(8-10-31)21-5-6-32-23(28-21)20(14-27-32)19-11-17(35-2)13-26-24(19)36-16-3-4-16/h5-6,11,13-14,16,18H,3-4,7-10,12,15H2,1-2H3/t18-/m0/s1. The number of nitrogens with zero attached hydrogens (tertiary/aromatic N) is 7. The Kier molecular flexibility index (Phi) is 5.93. The maximum Gasteiger partial charge on any atom is 0.410 e. The van der Waals surface area contributed by atoms with Gasteiger partial charge in [-0.2, -0.15) is 5.10 Å². The smallest absolute Gasteiger partial charge is 0.410 e. The Hall–Kier alpha value is -4.09. The minimum absolute atomic E-state index is 0.000669. The molecule has 1 atom stereocenters. The molecule has 194 valence electrons. The number of methoxy groups -OCH3 is 1. The molecular formula is C25H29N7O5. The molecule has 12 nitrogen and oxygen atoms in total. The van der Waals surface area contributed by atoms with Crippen LogP contribution in [0.1, 0.15) is 19.3 Å². The van der Waals surface area contributed by atoms with Crippen LogP contribution < -0.4 is 14.4 Å². The number of hydrogen-bond donors (Lipinski definition) is 0. The second-order valence-corrected chi connectivity index (χ2v) is 9.62. The van der Waals surface area contributed by atoms with E-state index < -0.39 is 0 Å². The van der Waals surface area contributed by atoms with Gasteiger partial charge in [0.25, 0.3) is 0 Å². The topological polar surface area (TPSA) is 115 Å². The fourth-order valence-corrected chi connectivity index (χ4v) is 4.64. The monoisotopic (exact) mass is 507 g/mol. The molecule has 37 heavy (non-hydrogen) atoms. The summed E-state index contributed by atoms with van der Waals surface area (Å²) in [5.74, 6) is 1.98. The average Bonchev–Trinajstić information content (AvgIpc) is 3.54. The van der Waals surface area contributed by atoms with E-state index in [0.717, 1.165) is 29.8 Å². The van der Waals surface area contributed by atoms with Gasteiger partial charge in [0, 0.05) is 39.4 Å². The summed E-state index contributed by atoms with van der Waals surface area (Å²) in [6.45, 7) is 2.68. The molecule has 5 heterocycles. The lowest BCUT2D eigenvalue weighted by atomic mass is 10.1. The second-order valence-electron chi connectivity index (χ2n) is 9.62. The van der Waals surface area contributed by atoms with Crippen molar-refractivity contribution in [3.05, 3.63) is 30.7 Å². The zero-order valence-corrected chi connectivity index (χ0v) is 20.9. The van der Waals surface area contributed by atoms with Gasteiger partial charge in [-0.1, -0.05) is 0 Å². The number of carbonyl (C=O) groups excluding carboxylic acids is 2. The molecular weight excluding hydrogens is 478 g/mol. The number of likely N-dealkylation sites (N-methyl/N-ethyl adjacent to an activating group) is 1. The van der Waals surface area contributed by atoms with Crippen molar-refractivity contribution in [3.8, 4) is 22.8 Å². The molecule has 1 aliphatic carbocycles. The van der Waals surface area contributed by atoms with E-state index in [0.29, 0.717) is 50.0 Å². The second kappa shape index (κ2) is 9.41. The molecule has 2 amide bonds. The lowest BCUT2D eigenvalue weighted by Crippen LogP contribution is -2.49. The lowest BCUT2D eigenvalue weighted by molar-refractivity contribution is -0.126. The van der Waals surface area contributed by atoms with Gasteiger partial charge >= 0.3 is 6.09 Å². The van der Waals surface area contributed by atoms with Crippen molar-refractivity contribution in [2.75, 3.05) is 51.8 Å². The summed E-state index contributed by atoms with van der Waals surface area (Å²) in [5.41, 5.74) is 2.28. The first-order chi connectivity index (χ1) is 18.0. The Balaban J connectivity index is 1.18. The average molecular weight is 508 g/mol. The quantitative estimate of drug-likeness (QED) is 0.493. The molecule has 3 aromatic rings. The van der Waals surface area contributed by atoms with E-state index >= 15 is 0 Å². The van der Waals surface area contributed by atoms with Crippen LogP contribution in [0.25, 0.3) is 16.8 Å². The molecule has 2 aliphatic heterocycles. The Morgan fingerprint density at radius 1 is 1.08 bits per heavy atom. The molecule has 0 unspecified atom stereocenters. The largest absolute Gasteiger partial charge is 0.495 e. The van der Waals surface area contributed by atoms with Crippen LogP contribution in [0.5, 0.6) is 11.6 Å². The number of anilines is 1. The first-order valence-corrected chi connectivity index (χ1v) is 12.5. The van der Waals surface area contributed by atoms with Gasteiger partial charge in [-0.05, 0) is 25.0 Å². The molecule has 12 heteroatoms. The minimum Gasteiger partial charge on any atom is -0.495 e. The van der Waals surface area contributed by atoms with E-state index in [9.17, 15) is 9.59 Å². The Morgan fingerprint density at radius 3 is 2.59 bits per heavy atom. The van der Waals surface area contributed by atoms with Gasteiger partial charge in [0.2, 0.25) is 11.8 Å².